The molecule has 21 heavy (non-hydrogen) atoms. The zero-order valence-corrected chi connectivity index (χ0v) is 12.1. The van der Waals surface area contributed by atoms with E-state index in [9.17, 15) is 14.7 Å². The SMILES string of the molecule is C/C=C\[C@@H]1C[C@H](C(=O)O)N[C@H]1[C@@H](NC(C)=O)[C@@H](O)CC#N. The fourth-order valence-electron chi connectivity index (χ4n) is 2.71. The minimum Gasteiger partial charge on any atom is -0.480 e. The molecule has 1 aliphatic heterocycles. The van der Waals surface area contributed by atoms with Crippen LogP contribution in [0.3, 0.4) is 0 Å². The number of carboxylic acid groups (broad SMARTS) is 1. The number of hydrogen-bond acceptors (Lipinski definition) is 5. The highest BCUT2D eigenvalue weighted by Gasteiger charge is 2.42. The summed E-state index contributed by atoms with van der Waals surface area (Å²) in [5.74, 6) is -1.44. The number of allylic oxidation sites excluding steroid dienone is 1. The molecular weight excluding hydrogens is 274 g/mol. The van der Waals surface area contributed by atoms with Gasteiger partial charge in [0.05, 0.1) is 24.6 Å². The Morgan fingerprint density at radius 3 is 2.71 bits per heavy atom. The summed E-state index contributed by atoms with van der Waals surface area (Å²) in [6.45, 7) is 3.14. The quantitative estimate of drug-likeness (QED) is 0.502. The van der Waals surface area contributed by atoms with Crippen LogP contribution in [0.1, 0.15) is 26.7 Å². The number of aliphatic hydroxyl groups excluding tert-OH is 1. The monoisotopic (exact) mass is 295 g/mol. The number of carbonyl (C=O) groups excluding carboxylic acids is 1. The lowest BCUT2D eigenvalue weighted by atomic mass is 9.89. The standard InChI is InChI=1S/C14H21N3O4/c1-3-4-9-7-10(14(20)21)17-12(9)13(16-8(2)18)11(19)5-6-15/h3-4,9-13,17,19H,5,7H2,1-2H3,(H,16,18)(H,20,21)/b4-3-/t9-,10-,11+,12-,13+/m1/s1. The molecule has 7 heteroatoms. The third kappa shape index (κ3) is 4.55. The van der Waals surface area contributed by atoms with Crippen molar-refractivity contribution in [2.24, 2.45) is 5.92 Å². The van der Waals surface area contributed by atoms with E-state index >= 15 is 0 Å². The van der Waals surface area contributed by atoms with Gasteiger partial charge in [0.25, 0.3) is 0 Å². The number of hydrogen-bond donors (Lipinski definition) is 4. The van der Waals surface area contributed by atoms with E-state index in [4.69, 9.17) is 10.4 Å². The number of carbonyl (C=O) groups is 2. The van der Waals surface area contributed by atoms with Crippen molar-refractivity contribution in [1.29, 1.82) is 5.26 Å². The van der Waals surface area contributed by atoms with Gasteiger partial charge in [-0.3, -0.25) is 14.9 Å². The molecule has 1 saturated heterocycles. The second-order valence-corrected chi connectivity index (χ2v) is 5.16. The molecule has 4 N–H and O–H groups in total. The molecule has 0 radical (unpaired) electrons. The van der Waals surface area contributed by atoms with Crippen LogP contribution in [0.4, 0.5) is 0 Å². The van der Waals surface area contributed by atoms with E-state index in [-0.39, 0.29) is 18.2 Å². The molecule has 1 amide bonds. The molecule has 116 valence electrons. The van der Waals surface area contributed by atoms with E-state index in [2.05, 4.69) is 10.6 Å². The summed E-state index contributed by atoms with van der Waals surface area (Å²) in [7, 11) is 0. The van der Waals surface area contributed by atoms with Gasteiger partial charge in [-0.25, -0.2) is 0 Å². The Hall–Kier alpha value is -1.91. The molecular formula is C14H21N3O4. The van der Waals surface area contributed by atoms with Gasteiger partial charge in [0.15, 0.2) is 0 Å². The van der Waals surface area contributed by atoms with E-state index in [1.165, 1.54) is 6.92 Å². The van der Waals surface area contributed by atoms with Crippen LogP contribution in [0.15, 0.2) is 12.2 Å². The molecule has 0 spiro atoms. The van der Waals surface area contributed by atoms with Gasteiger partial charge >= 0.3 is 5.97 Å². The number of aliphatic hydroxyl groups is 1. The van der Waals surface area contributed by atoms with Gasteiger partial charge in [0.1, 0.15) is 6.04 Å². The van der Waals surface area contributed by atoms with Crippen LogP contribution in [0, 0.1) is 17.2 Å². The molecule has 5 atom stereocenters. The Bertz CT molecular complexity index is 458. The average Bonchev–Trinajstić information content (AvgIpc) is 2.80. The molecule has 0 saturated carbocycles. The summed E-state index contributed by atoms with van der Waals surface area (Å²) in [4.78, 5) is 22.5. The number of carboxylic acids is 1. The third-order valence-electron chi connectivity index (χ3n) is 3.57. The van der Waals surface area contributed by atoms with Crippen molar-refractivity contribution in [1.82, 2.24) is 10.6 Å². The van der Waals surface area contributed by atoms with Crippen LogP contribution < -0.4 is 10.6 Å². The number of nitriles is 1. The molecule has 1 rings (SSSR count). The van der Waals surface area contributed by atoms with Crippen molar-refractivity contribution < 1.29 is 19.8 Å². The van der Waals surface area contributed by atoms with E-state index < -0.39 is 30.2 Å². The normalized spacial score (nSPS) is 28.0. The maximum Gasteiger partial charge on any atom is 0.320 e. The number of nitrogens with one attached hydrogen (secondary N) is 2. The molecule has 0 aromatic rings. The van der Waals surface area contributed by atoms with Gasteiger partial charge in [0, 0.05) is 13.0 Å². The van der Waals surface area contributed by atoms with Crippen molar-refractivity contribution in [3.8, 4) is 6.07 Å². The highest BCUT2D eigenvalue weighted by molar-refractivity contribution is 5.75. The van der Waals surface area contributed by atoms with Crippen molar-refractivity contribution in [3.63, 3.8) is 0 Å². The smallest absolute Gasteiger partial charge is 0.320 e. The molecule has 1 heterocycles. The van der Waals surface area contributed by atoms with E-state index in [1.54, 1.807) is 0 Å². The van der Waals surface area contributed by atoms with Crippen LogP contribution in [0.25, 0.3) is 0 Å². The topological polar surface area (TPSA) is 122 Å². The largest absolute Gasteiger partial charge is 0.480 e. The highest BCUT2D eigenvalue weighted by atomic mass is 16.4. The van der Waals surface area contributed by atoms with Crippen LogP contribution in [0.5, 0.6) is 0 Å². The second kappa shape index (κ2) is 7.76. The Morgan fingerprint density at radius 2 is 2.24 bits per heavy atom. The number of aliphatic carboxylic acids is 1. The lowest BCUT2D eigenvalue weighted by Gasteiger charge is -2.31. The Morgan fingerprint density at radius 1 is 1.57 bits per heavy atom. The first kappa shape index (κ1) is 17.1. The second-order valence-electron chi connectivity index (χ2n) is 5.16. The Labute approximate surface area is 123 Å². The summed E-state index contributed by atoms with van der Waals surface area (Å²) in [5, 5.41) is 33.5. The van der Waals surface area contributed by atoms with Gasteiger partial charge in [-0.1, -0.05) is 12.2 Å². The molecule has 0 aliphatic carbocycles. The predicted octanol–water partition coefficient (Wildman–Crippen LogP) is -0.227. The molecule has 0 bridgehead atoms. The summed E-state index contributed by atoms with van der Waals surface area (Å²) >= 11 is 0. The number of nitrogens with zero attached hydrogens (tertiary/aromatic N) is 1. The van der Waals surface area contributed by atoms with E-state index in [0.717, 1.165) is 0 Å². The number of rotatable bonds is 6. The van der Waals surface area contributed by atoms with Crippen molar-refractivity contribution >= 4 is 11.9 Å². The minimum absolute atomic E-state index is 0.135. The lowest BCUT2D eigenvalue weighted by molar-refractivity contribution is -0.139. The molecule has 0 aromatic carbocycles. The van der Waals surface area contributed by atoms with E-state index in [1.807, 2.05) is 25.1 Å². The summed E-state index contributed by atoms with van der Waals surface area (Å²) in [6, 6.07) is -0.0231. The van der Waals surface area contributed by atoms with Crippen LogP contribution in [-0.2, 0) is 9.59 Å². The first-order chi connectivity index (χ1) is 9.90. The maximum absolute atomic E-state index is 11.3. The number of amides is 1. The summed E-state index contributed by atoms with van der Waals surface area (Å²) < 4.78 is 0. The average molecular weight is 295 g/mol. The molecule has 1 aliphatic rings. The Balaban J connectivity index is 2.99. The first-order valence-corrected chi connectivity index (χ1v) is 6.84. The van der Waals surface area contributed by atoms with E-state index in [0.29, 0.717) is 6.42 Å². The fourth-order valence-corrected chi connectivity index (χ4v) is 2.71. The summed E-state index contributed by atoms with van der Waals surface area (Å²) in [6.07, 6.45) is 2.85. The zero-order valence-electron chi connectivity index (χ0n) is 12.1. The fraction of sp³-hybridized carbons (Fsp3) is 0.643. The van der Waals surface area contributed by atoms with Crippen molar-refractivity contribution in [2.45, 2.75) is 50.9 Å². The maximum atomic E-state index is 11.3. The van der Waals surface area contributed by atoms with Crippen LogP contribution in [-0.4, -0.2) is 46.3 Å². The van der Waals surface area contributed by atoms with Crippen molar-refractivity contribution in [3.05, 3.63) is 12.2 Å². The molecule has 0 unspecified atom stereocenters. The van der Waals surface area contributed by atoms with Gasteiger partial charge in [-0.05, 0) is 19.3 Å². The van der Waals surface area contributed by atoms with Gasteiger partial charge in [0.2, 0.25) is 5.91 Å². The van der Waals surface area contributed by atoms with Gasteiger partial charge in [-0.15, -0.1) is 0 Å². The van der Waals surface area contributed by atoms with Gasteiger partial charge < -0.3 is 15.5 Å². The first-order valence-electron chi connectivity index (χ1n) is 6.84. The predicted molar refractivity (Wildman–Crippen MR) is 75.1 cm³/mol. The zero-order chi connectivity index (χ0) is 16.0. The molecule has 7 nitrogen and oxygen atoms in total. The molecule has 0 aromatic heterocycles. The summed E-state index contributed by atoms with van der Waals surface area (Å²) in [5.41, 5.74) is 0. The third-order valence-corrected chi connectivity index (χ3v) is 3.57. The lowest BCUT2D eigenvalue weighted by Crippen LogP contribution is -2.56. The Kier molecular flexibility index (Phi) is 6.34. The van der Waals surface area contributed by atoms with Crippen LogP contribution >= 0.6 is 0 Å². The minimum atomic E-state index is -1.06. The van der Waals surface area contributed by atoms with Gasteiger partial charge in [-0.2, -0.15) is 5.26 Å². The highest BCUT2D eigenvalue weighted by Crippen LogP contribution is 2.26. The van der Waals surface area contributed by atoms with Crippen molar-refractivity contribution in [2.75, 3.05) is 0 Å². The van der Waals surface area contributed by atoms with Crippen LogP contribution in [0.2, 0.25) is 0 Å². The molecule has 1 fully saturated rings.